The van der Waals surface area contributed by atoms with Gasteiger partial charge < -0.3 is 9.67 Å². The molecule has 2 rings (SSSR count). The molecule has 4 nitrogen and oxygen atoms in total. The molecular formula is C14H21N3O. The number of aliphatic hydroxyl groups excluding tert-OH is 1. The second kappa shape index (κ2) is 5.48. The molecule has 0 saturated carbocycles. The van der Waals surface area contributed by atoms with E-state index in [4.69, 9.17) is 5.11 Å². The normalized spacial score (nSPS) is 11.6. The van der Waals surface area contributed by atoms with Crippen LogP contribution in [0.3, 0.4) is 0 Å². The Hall–Kier alpha value is -1.42. The van der Waals surface area contributed by atoms with Gasteiger partial charge in [-0.05, 0) is 30.9 Å². The number of aliphatic hydroxyl groups is 1. The molecule has 4 heteroatoms. The van der Waals surface area contributed by atoms with Crippen LogP contribution in [0.25, 0.3) is 11.2 Å². The standard InChI is InChI=1S/C14H21N3O/c1-10(2)7-13-16-12-8-11(3)9-15-14(12)17(13)5-4-6-18/h8-10,18H,4-7H2,1-3H3. The quantitative estimate of drug-likeness (QED) is 0.882. The molecule has 0 atom stereocenters. The molecule has 0 fully saturated rings. The van der Waals surface area contributed by atoms with Crippen molar-refractivity contribution >= 4 is 11.2 Å². The summed E-state index contributed by atoms with van der Waals surface area (Å²) in [4.78, 5) is 9.17. The van der Waals surface area contributed by atoms with Gasteiger partial charge in [0.2, 0.25) is 0 Å². The molecule has 2 aromatic rings. The van der Waals surface area contributed by atoms with Crippen molar-refractivity contribution < 1.29 is 5.11 Å². The number of hydrogen-bond donors (Lipinski definition) is 1. The molecule has 1 N–H and O–H groups in total. The second-order valence-electron chi connectivity index (χ2n) is 5.21. The fourth-order valence-electron chi connectivity index (χ4n) is 2.14. The lowest BCUT2D eigenvalue weighted by atomic mass is 10.1. The van der Waals surface area contributed by atoms with E-state index < -0.39 is 0 Å². The predicted octanol–water partition coefficient (Wildman–Crippen LogP) is 2.32. The maximum absolute atomic E-state index is 9.00. The average Bonchev–Trinajstić information content (AvgIpc) is 2.62. The van der Waals surface area contributed by atoms with E-state index in [1.807, 2.05) is 13.1 Å². The molecule has 0 unspecified atom stereocenters. The lowest BCUT2D eigenvalue weighted by molar-refractivity contribution is 0.279. The number of hydrogen-bond acceptors (Lipinski definition) is 3. The Bertz CT molecular complexity index is 531. The zero-order chi connectivity index (χ0) is 13.1. The summed E-state index contributed by atoms with van der Waals surface area (Å²) in [6.45, 7) is 7.39. The first-order chi connectivity index (χ1) is 8.61. The van der Waals surface area contributed by atoms with E-state index in [9.17, 15) is 0 Å². The molecule has 2 heterocycles. The van der Waals surface area contributed by atoms with Gasteiger partial charge in [0.05, 0.1) is 0 Å². The van der Waals surface area contributed by atoms with E-state index in [1.54, 1.807) is 0 Å². The number of pyridine rings is 1. The van der Waals surface area contributed by atoms with Crippen LogP contribution in [-0.4, -0.2) is 26.2 Å². The monoisotopic (exact) mass is 247 g/mol. The molecule has 0 aliphatic rings. The van der Waals surface area contributed by atoms with Gasteiger partial charge in [-0.15, -0.1) is 0 Å². The summed E-state index contributed by atoms with van der Waals surface area (Å²) in [6, 6.07) is 2.07. The van der Waals surface area contributed by atoms with Crippen LogP contribution in [0, 0.1) is 12.8 Å². The first-order valence-corrected chi connectivity index (χ1v) is 6.54. The highest BCUT2D eigenvalue weighted by molar-refractivity contribution is 5.72. The fraction of sp³-hybridized carbons (Fsp3) is 0.571. The highest BCUT2D eigenvalue weighted by Crippen LogP contribution is 2.18. The molecule has 0 amide bonds. The lowest BCUT2D eigenvalue weighted by Crippen LogP contribution is -2.08. The first-order valence-electron chi connectivity index (χ1n) is 6.54. The van der Waals surface area contributed by atoms with Gasteiger partial charge >= 0.3 is 0 Å². The maximum atomic E-state index is 9.00. The highest BCUT2D eigenvalue weighted by atomic mass is 16.3. The highest BCUT2D eigenvalue weighted by Gasteiger charge is 2.12. The van der Waals surface area contributed by atoms with Gasteiger partial charge in [0.1, 0.15) is 11.3 Å². The summed E-state index contributed by atoms with van der Waals surface area (Å²) >= 11 is 0. The van der Waals surface area contributed by atoms with E-state index in [1.165, 1.54) is 0 Å². The van der Waals surface area contributed by atoms with Crippen LogP contribution in [0.2, 0.25) is 0 Å². The van der Waals surface area contributed by atoms with Crippen molar-refractivity contribution in [2.24, 2.45) is 5.92 Å². The number of rotatable bonds is 5. The number of aromatic nitrogens is 3. The summed E-state index contributed by atoms with van der Waals surface area (Å²) < 4.78 is 2.14. The van der Waals surface area contributed by atoms with E-state index in [0.717, 1.165) is 41.9 Å². The van der Waals surface area contributed by atoms with Crippen LogP contribution >= 0.6 is 0 Å². The summed E-state index contributed by atoms with van der Waals surface area (Å²) in [5, 5.41) is 9.00. The number of fused-ring (bicyclic) bond motifs is 1. The van der Waals surface area contributed by atoms with Gasteiger partial charge in [0.25, 0.3) is 0 Å². The van der Waals surface area contributed by atoms with Gasteiger partial charge in [0, 0.05) is 25.8 Å². The van der Waals surface area contributed by atoms with E-state index in [-0.39, 0.29) is 6.61 Å². The van der Waals surface area contributed by atoms with Crippen molar-refractivity contribution in [3.63, 3.8) is 0 Å². The minimum atomic E-state index is 0.201. The van der Waals surface area contributed by atoms with Crippen LogP contribution in [0.15, 0.2) is 12.3 Å². The molecule has 2 aromatic heterocycles. The summed E-state index contributed by atoms with van der Waals surface area (Å²) in [7, 11) is 0. The topological polar surface area (TPSA) is 50.9 Å². The van der Waals surface area contributed by atoms with Gasteiger partial charge in [-0.3, -0.25) is 0 Å². The Morgan fingerprint density at radius 3 is 2.83 bits per heavy atom. The molecule has 0 bridgehead atoms. The minimum Gasteiger partial charge on any atom is -0.396 e. The number of nitrogens with zero attached hydrogens (tertiary/aromatic N) is 3. The molecular weight excluding hydrogens is 226 g/mol. The minimum absolute atomic E-state index is 0.201. The van der Waals surface area contributed by atoms with Crippen molar-refractivity contribution in [2.75, 3.05) is 6.61 Å². The summed E-state index contributed by atoms with van der Waals surface area (Å²) in [5.74, 6) is 1.64. The number of imidazole rings is 1. The Morgan fingerprint density at radius 2 is 2.17 bits per heavy atom. The number of aryl methyl sites for hydroxylation is 2. The van der Waals surface area contributed by atoms with Gasteiger partial charge in [-0.1, -0.05) is 13.8 Å². The maximum Gasteiger partial charge on any atom is 0.160 e. The molecule has 18 heavy (non-hydrogen) atoms. The average molecular weight is 247 g/mol. The summed E-state index contributed by atoms with van der Waals surface area (Å²) in [6.07, 6.45) is 3.56. The van der Waals surface area contributed by atoms with Crippen molar-refractivity contribution in [3.8, 4) is 0 Å². The molecule has 0 aromatic carbocycles. The van der Waals surface area contributed by atoms with E-state index in [2.05, 4.69) is 34.4 Å². The molecule has 0 saturated heterocycles. The molecule has 0 radical (unpaired) electrons. The summed E-state index contributed by atoms with van der Waals surface area (Å²) in [5.41, 5.74) is 3.03. The molecule has 98 valence electrons. The smallest absolute Gasteiger partial charge is 0.160 e. The molecule has 0 aliphatic carbocycles. The third kappa shape index (κ3) is 2.70. The third-order valence-electron chi connectivity index (χ3n) is 2.93. The second-order valence-corrected chi connectivity index (χ2v) is 5.21. The first kappa shape index (κ1) is 13.0. The molecule has 0 aliphatic heterocycles. The van der Waals surface area contributed by atoms with Crippen molar-refractivity contribution in [3.05, 3.63) is 23.7 Å². The third-order valence-corrected chi connectivity index (χ3v) is 2.93. The Morgan fingerprint density at radius 1 is 1.39 bits per heavy atom. The largest absolute Gasteiger partial charge is 0.396 e. The van der Waals surface area contributed by atoms with Gasteiger partial charge in [-0.25, -0.2) is 9.97 Å². The van der Waals surface area contributed by atoms with Crippen LogP contribution in [0.1, 0.15) is 31.7 Å². The van der Waals surface area contributed by atoms with Crippen LogP contribution in [-0.2, 0) is 13.0 Å². The van der Waals surface area contributed by atoms with Crippen LogP contribution in [0.5, 0.6) is 0 Å². The predicted molar refractivity (Wildman–Crippen MR) is 72.5 cm³/mol. The van der Waals surface area contributed by atoms with E-state index >= 15 is 0 Å². The zero-order valence-corrected chi connectivity index (χ0v) is 11.3. The van der Waals surface area contributed by atoms with Crippen molar-refractivity contribution in [2.45, 2.75) is 40.2 Å². The Kier molecular flexibility index (Phi) is 3.97. The Balaban J connectivity index is 2.45. The van der Waals surface area contributed by atoms with Gasteiger partial charge in [0.15, 0.2) is 5.65 Å². The van der Waals surface area contributed by atoms with Crippen molar-refractivity contribution in [1.82, 2.24) is 14.5 Å². The Labute approximate surface area is 108 Å². The lowest BCUT2D eigenvalue weighted by Gasteiger charge is -2.09. The SMILES string of the molecule is Cc1cnc2c(c1)nc(CC(C)C)n2CCCO. The van der Waals surface area contributed by atoms with Crippen LogP contribution < -0.4 is 0 Å². The van der Waals surface area contributed by atoms with Crippen molar-refractivity contribution in [1.29, 1.82) is 0 Å². The fourth-order valence-corrected chi connectivity index (χ4v) is 2.14. The van der Waals surface area contributed by atoms with Gasteiger partial charge in [-0.2, -0.15) is 0 Å². The zero-order valence-electron chi connectivity index (χ0n) is 11.3. The molecule has 0 spiro atoms. The van der Waals surface area contributed by atoms with E-state index in [0.29, 0.717) is 5.92 Å². The van der Waals surface area contributed by atoms with Crippen LogP contribution in [0.4, 0.5) is 0 Å².